The Kier molecular flexibility index (Phi) is 4.52. The molecule has 5 nitrogen and oxygen atoms in total. The van der Waals surface area contributed by atoms with Gasteiger partial charge in [-0.2, -0.15) is 0 Å². The Hall–Kier alpha value is -1.36. The number of likely N-dealkylation sites (tertiary alicyclic amines) is 1. The van der Waals surface area contributed by atoms with Crippen LogP contribution in [0.3, 0.4) is 0 Å². The van der Waals surface area contributed by atoms with Crippen molar-refractivity contribution in [3.05, 3.63) is 17.7 Å². The quantitative estimate of drug-likeness (QED) is 0.928. The van der Waals surface area contributed by atoms with Crippen molar-refractivity contribution in [1.29, 1.82) is 0 Å². The number of aromatic nitrogens is 2. The molecule has 1 amide bonds. The van der Waals surface area contributed by atoms with Gasteiger partial charge in [-0.05, 0) is 39.5 Å². The molecule has 2 fully saturated rings. The maximum atomic E-state index is 12.3. The van der Waals surface area contributed by atoms with Gasteiger partial charge in [-0.15, -0.1) is 0 Å². The van der Waals surface area contributed by atoms with E-state index in [4.69, 9.17) is 0 Å². The molecular weight excluding hydrogens is 278 g/mol. The summed E-state index contributed by atoms with van der Waals surface area (Å²) in [5.74, 6) is 2.14. The molecule has 3 rings (SSSR count). The van der Waals surface area contributed by atoms with Gasteiger partial charge in [0, 0.05) is 36.8 Å². The van der Waals surface area contributed by atoms with Crippen LogP contribution in [0.1, 0.15) is 62.5 Å². The highest BCUT2D eigenvalue weighted by Gasteiger charge is 2.33. The number of carbonyl (C=O) groups is 1. The summed E-state index contributed by atoms with van der Waals surface area (Å²) in [4.78, 5) is 19.0. The molecule has 0 bridgehead atoms. The molecule has 122 valence electrons. The molecule has 1 saturated carbocycles. The zero-order valence-electron chi connectivity index (χ0n) is 13.7. The smallest absolute Gasteiger partial charge is 0.225 e. The van der Waals surface area contributed by atoms with Gasteiger partial charge in [-0.25, -0.2) is 4.98 Å². The molecule has 1 N–H and O–H groups in total. The molecular formula is C17H27N3O2. The minimum absolute atomic E-state index is 0.0622. The Morgan fingerprint density at radius 2 is 2.05 bits per heavy atom. The fourth-order valence-corrected chi connectivity index (χ4v) is 3.69. The van der Waals surface area contributed by atoms with Crippen LogP contribution in [0.25, 0.3) is 0 Å². The first-order valence-electron chi connectivity index (χ1n) is 8.55. The largest absolute Gasteiger partial charge is 0.394 e. The first-order valence-corrected chi connectivity index (χ1v) is 8.55. The summed E-state index contributed by atoms with van der Waals surface area (Å²) in [5.41, 5.74) is 1.10. The lowest BCUT2D eigenvalue weighted by molar-refractivity contribution is -0.139. The van der Waals surface area contributed by atoms with Crippen LogP contribution in [-0.2, 0) is 4.79 Å². The number of imidazole rings is 1. The van der Waals surface area contributed by atoms with E-state index in [0.717, 1.165) is 50.3 Å². The van der Waals surface area contributed by atoms with E-state index in [-0.39, 0.29) is 12.6 Å². The highest BCUT2D eigenvalue weighted by Crippen LogP contribution is 2.33. The Morgan fingerprint density at radius 3 is 2.59 bits per heavy atom. The molecule has 1 saturated heterocycles. The molecule has 0 aromatic carbocycles. The Morgan fingerprint density at radius 1 is 1.36 bits per heavy atom. The number of nitrogens with zero attached hydrogens (tertiary/aromatic N) is 3. The van der Waals surface area contributed by atoms with Gasteiger partial charge in [0.15, 0.2) is 0 Å². The average molecular weight is 305 g/mol. The molecule has 2 aliphatic rings. The topological polar surface area (TPSA) is 58.4 Å². The zero-order chi connectivity index (χ0) is 15.7. The summed E-state index contributed by atoms with van der Waals surface area (Å²) in [6, 6.07) is 0.0622. The number of aliphatic hydroxyl groups is 1. The van der Waals surface area contributed by atoms with Crippen molar-refractivity contribution in [2.75, 3.05) is 19.7 Å². The van der Waals surface area contributed by atoms with Crippen molar-refractivity contribution < 1.29 is 9.90 Å². The maximum absolute atomic E-state index is 12.3. The van der Waals surface area contributed by atoms with Gasteiger partial charge < -0.3 is 14.6 Å². The first-order chi connectivity index (χ1) is 10.6. The van der Waals surface area contributed by atoms with E-state index >= 15 is 0 Å². The molecule has 5 heteroatoms. The molecule has 0 radical (unpaired) electrons. The van der Waals surface area contributed by atoms with E-state index < -0.39 is 0 Å². The normalized spacial score (nSPS) is 21.7. The van der Waals surface area contributed by atoms with Crippen molar-refractivity contribution >= 4 is 5.91 Å². The molecule has 1 aliphatic heterocycles. The number of carbonyl (C=O) groups excluding carboxylic acids is 1. The molecule has 22 heavy (non-hydrogen) atoms. The SMILES string of the molecule is Cc1cnc(C2CCN(C(=O)C3CCC3)CC2)n1[C@H](C)CO. The van der Waals surface area contributed by atoms with Gasteiger partial charge >= 0.3 is 0 Å². The molecule has 1 aromatic rings. The first kappa shape index (κ1) is 15.5. The fourth-order valence-electron chi connectivity index (χ4n) is 3.69. The van der Waals surface area contributed by atoms with Crippen LogP contribution in [0.5, 0.6) is 0 Å². The van der Waals surface area contributed by atoms with Crippen molar-refractivity contribution in [3.8, 4) is 0 Å². The van der Waals surface area contributed by atoms with Crippen LogP contribution >= 0.6 is 0 Å². The summed E-state index contributed by atoms with van der Waals surface area (Å²) < 4.78 is 2.16. The number of amides is 1. The Balaban J connectivity index is 1.65. The van der Waals surface area contributed by atoms with Crippen LogP contribution in [0, 0.1) is 12.8 Å². The second-order valence-electron chi connectivity index (χ2n) is 6.89. The van der Waals surface area contributed by atoms with Gasteiger partial charge in [-0.3, -0.25) is 4.79 Å². The third-order valence-corrected chi connectivity index (χ3v) is 5.34. The number of aliphatic hydroxyl groups excluding tert-OH is 1. The number of rotatable bonds is 4. The summed E-state index contributed by atoms with van der Waals surface area (Å²) in [6.07, 6.45) is 7.23. The molecule has 1 atom stereocenters. The molecule has 1 aromatic heterocycles. The lowest BCUT2D eigenvalue weighted by Crippen LogP contribution is -2.43. The number of hydrogen-bond donors (Lipinski definition) is 1. The fraction of sp³-hybridized carbons (Fsp3) is 0.765. The van der Waals surface area contributed by atoms with Crippen LogP contribution in [0.2, 0.25) is 0 Å². The monoisotopic (exact) mass is 305 g/mol. The van der Waals surface area contributed by atoms with E-state index in [9.17, 15) is 9.90 Å². The number of piperidine rings is 1. The second kappa shape index (κ2) is 6.41. The number of aryl methyl sites for hydroxylation is 1. The van der Waals surface area contributed by atoms with Gasteiger partial charge in [0.2, 0.25) is 5.91 Å². The molecule has 2 heterocycles. The summed E-state index contributed by atoms with van der Waals surface area (Å²) in [6.45, 7) is 5.88. The minimum Gasteiger partial charge on any atom is -0.394 e. The summed E-state index contributed by atoms with van der Waals surface area (Å²) >= 11 is 0. The minimum atomic E-state index is 0.0622. The van der Waals surface area contributed by atoms with E-state index in [1.165, 1.54) is 6.42 Å². The lowest BCUT2D eigenvalue weighted by Gasteiger charge is -2.36. The average Bonchev–Trinajstić information content (AvgIpc) is 2.86. The summed E-state index contributed by atoms with van der Waals surface area (Å²) in [5, 5.41) is 9.46. The number of hydrogen-bond acceptors (Lipinski definition) is 3. The van der Waals surface area contributed by atoms with Crippen LogP contribution in [0.15, 0.2) is 6.20 Å². The van der Waals surface area contributed by atoms with Gasteiger partial charge in [-0.1, -0.05) is 6.42 Å². The van der Waals surface area contributed by atoms with Gasteiger partial charge in [0.05, 0.1) is 12.6 Å². The highest BCUT2D eigenvalue weighted by atomic mass is 16.3. The van der Waals surface area contributed by atoms with Crippen molar-refractivity contribution in [2.24, 2.45) is 5.92 Å². The van der Waals surface area contributed by atoms with E-state index in [0.29, 0.717) is 17.7 Å². The van der Waals surface area contributed by atoms with Crippen LogP contribution in [0.4, 0.5) is 0 Å². The second-order valence-corrected chi connectivity index (χ2v) is 6.89. The van der Waals surface area contributed by atoms with E-state index in [1.54, 1.807) is 0 Å². The Bertz CT molecular complexity index is 528. The molecule has 0 spiro atoms. The summed E-state index contributed by atoms with van der Waals surface area (Å²) in [7, 11) is 0. The third-order valence-electron chi connectivity index (χ3n) is 5.34. The van der Waals surface area contributed by atoms with E-state index in [1.807, 2.05) is 20.0 Å². The van der Waals surface area contributed by atoms with Gasteiger partial charge in [0.25, 0.3) is 0 Å². The van der Waals surface area contributed by atoms with Crippen molar-refractivity contribution in [3.63, 3.8) is 0 Å². The zero-order valence-corrected chi connectivity index (χ0v) is 13.7. The molecule has 1 aliphatic carbocycles. The Labute approximate surface area is 132 Å². The third kappa shape index (κ3) is 2.78. The van der Waals surface area contributed by atoms with Crippen LogP contribution < -0.4 is 0 Å². The van der Waals surface area contributed by atoms with Crippen LogP contribution in [-0.4, -0.2) is 45.2 Å². The highest BCUT2D eigenvalue weighted by molar-refractivity contribution is 5.79. The van der Waals surface area contributed by atoms with Gasteiger partial charge in [0.1, 0.15) is 5.82 Å². The lowest BCUT2D eigenvalue weighted by atomic mass is 9.83. The molecule has 0 unspecified atom stereocenters. The van der Waals surface area contributed by atoms with E-state index in [2.05, 4.69) is 14.5 Å². The predicted octanol–water partition coefficient (Wildman–Crippen LogP) is 2.25. The standard InChI is InChI=1S/C17H27N3O2/c1-12-10-18-16(20(12)13(2)11-21)14-6-8-19(9-7-14)17(22)15-4-3-5-15/h10,13-15,21H,3-9,11H2,1-2H3/t13-/m1/s1. The van der Waals surface area contributed by atoms with Crippen molar-refractivity contribution in [2.45, 2.75) is 57.9 Å². The predicted molar refractivity (Wildman–Crippen MR) is 84.7 cm³/mol. The maximum Gasteiger partial charge on any atom is 0.225 e. The van der Waals surface area contributed by atoms with Crippen molar-refractivity contribution in [1.82, 2.24) is 14.5 Å².